The summed E-state index contributed by atoms with van der Waals surface area (Å²) >= 11 is 0. The van der Waals surface area contributed by atoms with E-state index in [4.69, 9.17) is 5.73 Å². The molecule has 0 spiro atoms. The Hall–Kier alpha value is -1.51. The van der Waals surface area contributed by atoms with Crippen molar-refractivity contribution in [2.45, 2.75) is 25.8 Å². The molecule has 0 aliphatic carbocycles. The lowest BCUT2D eigenvalue weighted by molar-refractivity contribution is 0.533. The minimum absolute atomic E-state index is 0.825. The highest BCUT2D eigenvalue weighted by molar-refractivity contribution is 5.79. The number of nitrogen functional groups attached to an aromatic ring is 1. The summed E-state index contributed by atoms with van der Waals surface area (Å²) in [4.78, 5) is 4.60. The summed E-state index contributed by atoms with van der Waals surface area (Å²) in [6.07, 6.45) is 3.63. The predicted molar refractivity (Wildman–Crippen MR) is 57.1 cm³/mol. The molecule has 14 heavy (non-hydrogen) atoms. The molecular weight excluding hydrogens is 174 g/mol. The number of anilines is 1. The first-order valence-electron chi connectivity index (χ1n) is 5.09. The zero-order chi connectivity index (χ0) is 9.54. The number of aromatic nitrogens is 2. The highest BCUT2D eigenvalue weighted by Gasteiger charge is 2.13. The zero-order valence-corrected chi connectivity index (χ0v) is 8.03. The van der Waals surface area contributed by atoms with Crippen molar-refractivity contribution in [3.63, 3.8) is 0 Å². The van der Waals surface area contributed by atoms with E-state index >= 15 is 0 Å². The van der Waals surface area contributed by atoms with Gasteiger partial charge in [0.15, 0.2) is 0 Å². The van der Waals surface area contributed by atoms with Gasteiger partial charge in [-0.2, -0.15) is 0 Å². The second-order valence-electron chi connectivity index (χ2n) is 3.88. The Labute approximate surface area is 82.5 Å². The lowest BCUT2D eigenvalue weighted by Crippen LogP contribution is -2.09. The summed E-state index contributed by atoms with van der Waals surface area (Å²) in [5.41, 5.74) is 8.87. The number of rotatable bonds is 0. The molecule has 1 aromatic carbocycles. The van der Waals surface area contributed by atoms with Crippen LogP contribution in [-0.2, 0) is 13.0 Å². The van der Waals surface area contributed by atoms with E-state index in [0.717, 1.165) is 24.2 Å². The predicted octanol–water partition coefficient (Wildman–Crippen LogP) is 1.95. The van der Waals surface area contributed by atoms with Gasteiger partial charge in [-0.25, -0.2) is 4.98 Å². The Morgan fingerprint density at radius 3 is 3.14 bits per heavy atom. The van der Waals surface area contributed by atoms with Crippen molar-refractivity contribution in [3.05, 3.63) is 24.0 Å². The van der Waals surface area contributed by atoms with E-state index in [9.17, 15) is 0 Å². The van der Waals surface area contributed by atoms with Gasteiger partial charge in [-0.1, -0.05) is 0 Å². The second-order valence-corrected chi connectivity index (χ2v) is 3.88. The number of benzene rings is 1. The third-order valence-corrected chi connectivity index (χ3v) is 2.88. The van der Waals surface area contributed by atoms with Gasteiger partial charge in [0.05, 0.1) is 11.0 Å². The van der Waals surface area contributed by atoms with Gasteiger partial charge in [0.2, 0.25) is 0 Å². The standard InChI is InChI=1S/C11H13N3/c12-8-4-5-9-10(7-8)14-6-2-1-3-11(14)13-9/h4-5,7H,1-3,6,12H2. The minimum Gasteiger partial charge on any atom is -0.399 e. The summed E-state index contributed by atoms with van der Waals surface area (Å²) in [6, 6.07) is 5.95. The Balaban J connectivity index is 2.32. The Morgan fingerprint density at radius 2 is 2.21 bits per heavy atom. The van der Waals surface area contributed by atoms with Crippen LogP contribution in [0, 0.1) is 0 Å². The molecule has 0 radical (unpaired) electrons. The molecule has 1 aliphatic heterocycles. The van der Waals surface area contributed by atoms with Crippen molar-refractivity contribution in [1.82, 2.24) is 9.55 Å². The molecule has 1 aromatic heterocycles. The third-order valence-electron chi connectivity index (χ3n) is 2.88. The molecule has 3 heteroatoms. The molecule has 0 fully saturated rings. The van der Waals surface area contributed by atoms with E-state index in [-0.39, 0.29) is 0 Å². The van der Waals surface area contributed by atoms with Crippen LogP contribution in [0.3, 0.4) is 0 Å². The first-order valence-corrected chi connectivity index (χ1v) is 5.09. The molecule has 2 heterocycles. The van der Waals surface area contributed by atoms with E-state index in [1.807, 2.05) is 18.2 Å². The molecule has 0 amide bonds. The fourth-order valence-corrected chi connectivity index (χ4v) is 2.18. The molecule has 0 saturated heterocycles. The molecule has 0 bridgehead atoms. The van der Waals surface area contributed by atoms with Crippen LogP contribution < -0.4 is 5.73 Å². The largest absolute Gasteiger partial charge is 0.399 e. The maximum Gasteiger partial charge on any atom is 0.109 e. The summed E-state index contributed by atoms with van der Waals surface area (Å²) in [5, 5.41) is 0. The van der Waals surface area contributed by atoms with Gasteiger partial charge in [0.1, 0.15) is 5.82 Å². The molecule has 2 N–H and O–H groups in total. The van der Waals surface area contributed by atoms with Crippen LogP contribution in [0.4, 0.5) is 5.69 Å². The van der Waals surface area contributed by atoms with Crippen molar-refractivity contribution >= 4 is 16.7 Å². The summed E-state index contributed by atoms with van der Waals surface area (Å²) in [6.45, 7) is 1.09. The quantitative estimate of drug-likeness (QED) is 0.641. The lowest BCUT2D eigenvalue weighted by Gasteiger charge is -2.13. The number of fused-ring (bicyclic) bond motifs is 3. The van der Waals surface area contributed by atoms with Crippen LogP contribution in [0.25, 0.3) is 11.0 Å². The van der Waals surface area contributed by atoms with Gasteiger partial charge in [-0.3, -0.25) is 0 Å². The fourth-order valence-electron chi connectivity index (χ4n) is 2.18. The van der Waals surface area contributed by atoms with Crippen LogP contribution in [-0.4, -0.2) is 9.55 Å². The van der Waals surface area contributed by atoms with E-state index in [0.29, 0.717) is 0 Å². The number of nitrogens with two attached hydrogens (primary N) is 1. The van der Waals surface area contributed by atoms with Crippen LogP contribution in [0.5, 0.6) is 0 Å². The summed E-state index contributed by atoms with van der Waals surface area (Å²) in [5.74, 6) is 1.22. The van der Waals surface area contributed by atoms with Crippen LogP contribution in [0.1, 0.15) is 18.7 Å². The molecule has 0 unspecified atom stereocenters. The number of hydrogen-bond acceptors (Lipinski definition) is 2. The molecule has 2 aromatic rings. The average molecular weight is 187 g/mol. The maximum absolute atomic E-state index is 5.78. The monoisotopic (exact) mass is 187 g/mol. The highest BCUT2D eigenvalue weighted by atomic mass is 15.1. The van der Waals surface area contributed by atoms with Gasteiger partial charge in [0.25, 0.3) is 0 Å². The van der Waals surface area contributed by atoms with Crippen LogP contribution >= 0.6 is 0 Å². The summed E-state index contributed by atoms with van der Waals surface area (Å²) < 4.78 is 2.30. The molecule has 0 saturated carbocycles. The molecule has 3 nitrogen and oxygen atoms in total. The topological polar surface area (TPSA) is 43.8 Å². The fraction of sp³-hybridized carbons (Fsp3) is 0.364. The first kappa shape index (κ1) is 7.85. The maximum atomic E-state index is 5.78. The van der Waals surface area contributed by atoms with E-state index in [2.05, 4.69) is 9.55 Å². The normalized spacial score (nSPS) is 15.7. The third kappa shape index (κ3) is 1.02. The minimum atomic E-state index is 0.825. The SMILES string of the molecule is Nc1ccc2nc3n(c2c1)CCCC3. The highest BCUT2D eigenvalue weighted by Crippen LogP contribution is 2.23. The molecule has 3 rings (SSSR count). The summed E-state index contributed by atoms with van der Waals surface area (Å²) in [7, 11) is 0. The van der Waals surface area contributed by atoms with Gasteiger partial charge in [0, 0.05) is 18.7 Å². The number of hydrogen-bond donors (Lipinski definition) is 1. The Kier molecular flexibility index (Phi) is 1.54. The van der Waals surface area contributed by atoms with Crippen molar-refractivity contribution in [1.29, 1.82) is 0 Å². The average Bonchev–Trinajstić information content (AvgIpc) is 2.56. The smallest absolute Gasteiger partial charge is 0.109 e. The molecule has 72 valence electrons. The Morgan fingerprint density at radius 1 is 1.29 bits per heavy atom. The lowest BCUT2D eigenvalue weighted by atomic mass is 10.2. The first-order chi connectivity index (χ1) is 6.84. The van der Waals surface area contributed by atoms with E-state index < -0.39 is 0 Å². The van der Waals surface area contributed by atoms with Crippen molar-refractivity contribution < 1.29 is 0 Å². The van der Waals surface area contributed by atoms with Crippen molar-refractivity contribution in [2.24, 2.45) is 0 Å². The molecular formula is C11H13N3. The Bertz CT molecular complexity index is 484. The molecule has 0 atom stereocenters. The van der Waals surface area contributed by atoms with E-state index in [1.165, 1.54) is 24.2 Å². The van der Waals surface area contributed by atoms with Gasteiger partial charge in [-0.05, 0) is 31.0 Å². The number of aryl methyl sites for hydroxylation is 2. The van der Waals surface area contributed by atoms with Gasteiger partial charge >= 0.3 is 0 Å². The second kappa shape index (κ2) is 2.74. The van der Waals surface area contributed by atoms with E-state index in [1.54, 1.807) is 0 Å². The van der Waals surface area contributed by atoms with Crippen molar-refractivity contribution in [3.8, 4) is 0 Å². The zero-order valence-electron chi connectivity index (χ0n) is 8.03. The number of nitrogens with zero attached hydrogens (tertiary/aromatic N) is 2. The number of imidazole rings is 1. The van der Waals surface area contributed by atoms with Gasteiger partial charge in [-0.15, -0.1) is 0 Å². The van der Waals surface area contributed by atoms with Crippen LogP contribution in [0.2, 0.25) is 0 Å². The van der Waals surface area contributed by atoms with Crippen molar-refractivity contribution in [2.75, 3.05) is 5.73 Å². The van der Waals surface area contributed by atoms with Crippen LogP contribution in [0.15, 0.2) is 18.2 Å². The molecule has 1 aliphatic rings. The van der Waals surface area contributed by atoms with Gasteiger partial charge < -0.3 is 10.3 Å².